The Hall–Kier alpha value is -4.94. The van der Waals surface area contributed by atoms with Gasteiger partial charge in [-0.05, 0) is 253 Å². The van der Waals surface area contributed by atoms with Crippen molar-refractivity contribution in [2.24, 2.45) is 136 Å². The molecule has 0 spiro atoms. The fraction of sp³-hybridized carbons (Fsp3) is 0.734. The molecular weight excluding hydrogens is 1720 g/mol. The number of unbranched alkanes of at least 4 members (excludes halogenated alkanes) is 4. The summed E-state index contributed by atoms with van der Waals surface area (Å²) in [5.41, 5.74) is 1.52. The minimum atomic E-state index is 0.648. The zero-order valence-corrected chi connectivity index (χ0v) is 105. The highest BCUT2D eigenvalue weighted by molar-refractivity contribution is 5.11. The van der Waals surface area contributed by atoms with Crippen LogP contribution in [0.15, 0.2) is 230 Å². The van der Waals surface area contributed by atoms with Crippen molar-refractivity contribution < 1.29 is 0 Å². The van der Waals surface area contributed by atoms with Crippen LogP contribution in [0.4, 0.5) is 0 Å². The second-order valence-corrected chi connectivity index (χ2v) is 47.9. The lowest BCUT2D eigenvalue weighted by atomic mass is 9.85. The fourth-order valence-electron chi connectivity index (χ4n) is 15.1. The molecule has 0 aromatic heterocycles. The van der Waals surface area contributed by atoms with E-state index in [2.05, 4.69) is 465 Å². The summed E-state index contributed by atoms with van der Waals surface area (Å²) in [5, 5.41) is 0. The molecule has 0 amide bonds. The van der Waals surface area contributed by atoms with Crippen molar-refractivity contribution in [2.45, 2.75) is 548 Å². The highest BCUT2D eigenvalue weighted by atomic mass is 14.2. The third-order valence-corrected chi connectivity index (χ3v) is 24.2. The van der Waals surface area contributed by atoms with Gasteiger partial charge in [-0.2, -0.15) is 0 Å². The summed E-state index contributed by atoms with van der Waals surface area (Å²) in [6, 6.07) is 0. The van der Waals surface area contributed by atoms with Crippen molar-refractivity contribution in [1.82, 2.24) is 0 Å². The minimum absolute atomic E-state index is 0.648. The fourth-order valence-corrected chi connectivity index (χ4v) is 15.1. The highest BCUT2D eigenvalue weighted by Crippen LogP contribution is 2.32. The summed E-state index contributed by atoms with van der Waals surface area (Å²) in [6.45, 7) is 92.6. The van der Waals surface area contributed by atoms with E-state index in [0.29, 0.717) is 41.4 Å². The van der Waals surface area contributed by atoms with Crippen molar-refractivity contribution in [3.8, 4) is 0 Å². The summed E-state index contributed by atoms with van der Waals surface area (Å²) >= 11 is 0. The van der Waals surface area contributed by atoms with Gasteiger partial charge in [0.05, 0.1) is 0 Å². The van der Waals surface area contributed by atoms with Gasteiger partial charge in [-0.15, -0.1) is 0 Å². The molecule has 0 aliphatic heterocycles. The molecule has 0 nitrogen and oxygen atoms in total. The third-order valence-electron chi connectivity index (χ3n) is 24.2. The van der Waals surface area contributed by atoms with E-state index in [1.807, 2.05) is 50.3 Å². The van der Waals surface area contributed by atoms with Crippen LogP contribution in [-0.2, 0) is 0 Å². The van der Waals surface area contributed by atoms with E-state index in [-0.39, 0.29) is 0 Å². The van der Waals surface area contributed by atoms with Crippen LogP contribution in [0, 0.1) is 136 Å². The first kappa shape index (κ1) is 156. The van der Waals surface area contributed by atoms with Gasteiger partial charge < -0.3 is 0 Å². The number of allylic oxidation sites excluding steroid dienone is 38. The summed E-state index contributed by atoms with van der Waals surface area (Å²) < 4.78 is 0. The van der Waals surface area contributed by atoms with E-state index >= 15 is 0 Å². The van der Waals surface area contributed by atoms with Crippen LogP contribution in [0.3, 0.4) is 0 Å². The van der Waals surface area contributed by atoms with Crippen molar-refractivity contribution in [1.29, 1.82) is 0 Å². The molecule has 0 heteroatoms. The second kappa shape index (κ2) is 122. The first-order chi connectivity index (χ1) is 67.8. The van der Waals surface area contributed by atoms with Gasteiger partial charge in [0, 0.05) is 0 Å². The summed E-state index contributed by atoms with van der Waals surface area (Å²) in [7, 11) is 0. The molecule has 143 heavy (non-hydrogen) atoms. The van der Waals surface area contributed by atoms with Crippen LogP contribution in [0.25, 0.3) is 0 Å². The van der Waals surface area contributed by atoms with Gasteiger partial charge in [0.25, 0.3) is 0 Å². The Labute approximate surface area is 908 Å². The molecule has 5 fully saturated rings. The molecule has 0 aromatic carbocycles. The quantitative estimate of drug-likeness (QED) is 0.0326. The van der Waals surface area contributed by atoms with Crippen molar-refractivity contribution in [2.75, 3.05) is 0 Å². The number of rotatable bonds is 40. The zero-order valence-electron chi connectivity index (χ0n) is 105. The average molecular weight is 1990 g/mol. The molecule has 1 atom stereocenters. The molecule has 6 aliphatic rings. The first-order valence-corrected chi connectivity index (χ1v) is 61.4. The lowest BCUT2D eigenvalue weighted by molar-refractivity contribution is 0.317. The Morgan fingerprint density at radius 1 is 0.259 bits per heavy atom. The van der Waals surface area contributed by atoms with Gasteiger partial charge in [0.1, 0.15) is 0 Å². The van der Waals surface area contributed by atoms with Crippen LogP contribution < -0.4 is 0 Å². The van der Waals surface area contributed by atoms with E-state index in [4.69, 9.17) is 0 Å². The van der Waals surface area contributed by atoms with Gasteiger partial charge in [0.15, 0.2) is 0 Å². The average Bonchev–Trinajstić information content (AvgIpc) is 1.90. The number of hydrogen-bond donors (Lipinski definition) is 0. The Bertz CT molecular complexity index is 3030. The molecule has 0 heterocycles. The predicted molar refractivity (Wildman–Crippen MR) is 676 cm³/mol. The molecule has 5 saturated carbocycles. The highest BCUT2D eigenvalue weighted by Gasteiger charge is 2.16. The third kappa shape index (κ3) is 160. The standard InChI is InChI=1S/C12H22.C11H20.C11H22.C11H20.C11H18.C10H18.C10H16.3C9H18.C9H16.2C8H16.C8H14.C7H14/c1-11(2)7-6-10-12-8-4-3-5-9-12;1-10(2)6-5-9-11-7-3-4-8-11;3*1-10(2)8-9-11-6-4-3-5-7-11;1-9(2)7-8-10-5-3-4-6-10;1-4-5-6-7-8-9-10(2)3;1-8(2)6-5-7-9(3)4;1-5-6-7-9(4)8(2)3;2*1-4-5-6-7-8-9(2)3;1-7(2)5-6-8(3)4;2*1-4-5-6-7-8(2)3;1-4-5-6-7(2)3/h6-7,11-12H,3-5,8-10H2,1-2H3;5-6,10-11H,3-4,7-9H2,1-2H3;10-11H,3-9H2,1-2H3;8-11H,3-7H2,1-2H3;3-4,8-11H,5-7H2,1-2H3;7-10H,3-6H2,1-2H3;4-10H,1-3H3;5-6,8-9H,7H2,1-4H3;7-8H,5-6H2,1-4H3;7-9H,4-6H2,1-3H3;5-9H,4H2,1-3H3;5-8H,1-4H3;6-8H,4-5H2,1-3H3;4-8H,1-3H3;5-7H,4H2,1-3H3/b7-6+;6-5+;;2*9-8+;8-7+;5-4+,7-6+,9-8+;6-5+;9-7+;8-7+;6-5+,8-7+;6-5+;7-6+;5-4+,7-6+;6-5+. The van der Waals surface area contributed by atoms with Gasteiger partial charge in [-0.1, -0.05) is 661 Å². The Kier molecular flexibility index (Phi) is 133. The van der Waals surface area contributed by atoms with E-state index in [1.54, 1.807) is 0 Å². The van der Waals surface area contributed by atoms with Gasteiger partial charge >= 0.3 is 0 Å². The second-order valence-electron chi connectivity index (χ2n) is 47.9. The van der Waals surface area contributed by atoms with Gasteiger partial charge in [0.2, 0.25) is 0 Å². The topological polar surface area (TPSA) is 0 Å². The summed E-state index contributed by atoms with van der Waals surface area (Å²) in [4.78, 5) is 0. The molecule has 838 valence electrons. The van der Waals surface area contributed by atoms with Gasteiger partial charge in [-0.25, -0.2) is 0 Å². The minimum Gasteiger partial charge on any atom is -0.0886 e. The van der Waals surface area contributed by atoms with E-state index < -0.39 is 0 Å². The Morgan fingerprint density at radius 3 is 0.902 bits per heavy atom. The van der Waals surface area contributed by atoms with E-state index in [9.17, 15) is 0 Å². The van der Waals surface area contributed by atoms with E-state index in [0.717, 1.165) is 108 Å². The zero-order chi connectivity index (χ0) is 110. The first-order valence-electron chi connectivity index (χ1n) is 61.4. The molecule has 6 aliphatic carbocycles. The monoisotopic (exact) mass is 1980 g/mol. The van der Waals surface area contributed by atoms with Crippen molar-refractivity contribution in [3.63, 3.8) is 0 Å². The van der Waals surface area contributed by atoms with Crippen molar-refractivity contribution >= 4 is 0 Å². The van der Waals surface area contributed by atoms with Crippen molar-refractivity contribution in [3.05, 3.63) is 230 Å². The number of hydrogen-bond acceptors (Lipinski definition) is 0. The molecule has 6 rings (SSSR count). The maximum atomic E-state index is 2.43. The molecule has 0 radical (unpaired) electrons. The molecule has 0 aromatic rings. The van der Waals surface area contributed by atoms with Crippen LogP contribution in [0.2, 0.25) is 0 Å². The Balaban J connectivity index is -0.000000193. The predicted octanol–water partition coefficient (Wildman–Crippen LogP) is 50.4. The van der Waals surface area contributed by atoms with Crippen LogP contribution in [-0.4, -0.2) is 0 Å². The molecular formula is C143H266. The van der Waals surface area contributed by atoms with Gasteiger partial charge in [-0.3, -0.25) is 0 Å². The largest absolute Gasteiger partial charge is 0.0886 e. The molecule has 0 bridgehead atoms. The van der Waals surface area contributed by atoms with Crippen LogP contribution in [0.5, 0.6) is 0 Å². The lowest BCUT2D eigenvalue weighted by Crippen LogP contribution is -2.06. The molecule has 0 N–H and O–H groups in total. The smallest absolute Gasteiger partial charge is 0.0196 e. The molecule has 1 unspecified atom stereocenters. The molecule has 0 saturated heterocycles. The van der Waals surface area contributed by atoms with E-state index in [1.165, 1.54) is 250 Å². The summed E-state index contributed by atoms with van der Waals surface area (Å²) in [6.07, 6.45) is 138. The normalized spacial score (nSPS) is 16.7. The summed E-state index contributed by atoms with van der Waals surface area (Å²) in [5.74, 6) is 18.1. The van der Waals surface area contributed by atoms with Crippen LogP contribution >= 0.6 is 0 Å². The SMILES string of the molecule is C/C=C/C=C/C(C)C.C/C=C/C=C/C=C/C(C)C.CC(C)/C=C/C(C)C.CC(C)/C=C/C1CC=CCC1.CC(C)/C=C/C1CCCC1.CC(C)/C=C/C1CCCCC1.CC(C)/C=C/CC(C)C.CC(C)/C=C/CC1CCCC1.CC(C)/C=C/CC1CCCCC1.CC(C)CCC1CCCCC1.CC/C=C/C(C)C.CC/C=C/C=C/C(C)C.CCC/C=C(\C)C(C)C.CCC/C=C/C(C)C.CCCC/C=C/C(C)C. The maximum absolute atomic E-state index is 2.43. The maximum Gasteiger partial charge on any atom is -0.0196 e. The lowest BCUT2D eigenvalue weighted by Gasteiger charge is -2.21. The van der Waals surface area contributed by atoms with Crippen LogP contribution in [0.1, 0.15) is 548 Å². The Morgan fingerprint density at radius 2 is 0.573 bits per heavy atom.